The van der Waals surface area contributed by atoms with Gasteiger partial charge in [-0.15, -0.1) is 0 Å². The molecule has 1 heterocycles. The van der Waals surface area contributed by atoms with Gasteiger partial charge in [0.1, 0.15) is 12.4 Å². The maximum atomic E-state index is 12.8. The molecule has 30 heavy (non-hydrogen) atoms. The topological polar surface area (TPSA) is 74.5 Å². The number of nitrogens with one attached hydrogen (secondary N) is 1. The van der Waals surface area contributed by atoms with Crippen LogP contribution in [0.15, 0.2) is 53.3 Å². The molecular weight excluding hydrogens is 382 g/mol. The molecule has 1 N–H and O–H groups in total. The number of para-hydroxylation sites is 2. The highest BCUT2D eigenvalue weighted by Crippen LogP contribution is 2.14. The summed E-state index contributed by atoms with van der Waals surface area (Å²) >= 11 is 0. The molecule has 2 aromatic carbocycles. The predicted molar refractivity (Wildman–Crippen MR) is 117 cm³/mol. The minimum Gasteiger partial charge on any atom is -0.491 e. The highest BCUT2D eigenvalue weighted by Gasteiger charge is 2.13. The average Bonchev–Trinajstić information content (AvgIpc) is 3.03. The lowest BCUT2D eigenvalue weighted by atomic mass is 10.2. The molecule has 0 bridgehead atoms. The van der Waals surface area contributed by atoms with E-state index in [1.807, 2.05) is 55.5 Å². The molecule has 0 radical (unpaired) electrons. The van der Waals surface area contributed by atoms with Gasteiger partial charge in [0.2, 0.25) is 5.91 Å². The molecule has 0 unspecified atom stereocenters. The quantitative estimate of drug-likeness (QED) is 0.492. The number of methoxy groups -OCH3 is 1. The number of carbonyl (C=O) groups excluding carboxylic acids is 1. The third-order valence-corrected chi connectivity index (χ3v) is 4.90. The van der Waals surface area contributed by atoms with Crippen LogP contribution in [0.5, 0.6) is 5.75 Å². The fourth-order valence-electron chi connectivity index (χ4n) is 3.38. The Balaban J connectivity index is 1.55. The predicted octanol–water partition coefficient (Wildman–Crippen LogP) is 2.94. The van der Waals surface area contributed by atoms with Crippen molar-refractivity contribution in [1.82, 2.24) is 14.5 Å². The molecule has 0 aliphatic carbocycles. The number of nitrogens with zero attached hydrogens (tertiary/aromatic N) is 2. The molecule has 7 heteroatoms. The summed E-state index contributed by atoms with van der Waals surface area (Å²) in [7, 11) is 1.63. The maximum Gasteiger partial charge on any atom is 0.329 e. The lowest BCUT2D eigenvalue weighted by Gasteiger charge is -2.08. The van der Waals surface area contributed by atoms with Gasteiger partial charge in [0, 0.05) is 33.2 Å². The number of aryl methyl sites for hydroxylation is 2. The first-order valence-corrected chi connectivity index (χ1v) is 10.3. The second-order valence-corrected chi connectivity index (χ2v) is 7.09. The van der Waals surface area contributed by atoms with E-state index in [2.05, 4.69) is 5.32 Å². The molecule has 0 fully saturated rings. The third-order valence-electron chi connectivity index (χ3n) is 4.90. The number of ether oxygens (including phenoxy) is 2. The van der Waals surface area contributed by atoms with E-state index in [1.54, 1.807) is 16.2 Å². The molecule has 0 saturated heterocycles. The molecule has 3 aromatic rings. The largest absolute Gasteiger partial charge is 0.491 e. The molecule has 7 nitrogen and oxygen atoms in total. The van der Waals surface area contributed by atoms with E-state index < -0.39 is 0 Å². The van der Waals surface area contributed by atoms with Crippen molar-refractivity contribution >= 4 is 16.9 Å². The van der Waals surface area contributed by atoms with E-state index in [0.717, 1.165) is 28.8 Å². The van der Waals surface area contributed by atoms with E-state index in [4.69, 9.17) is 9.47 Å². The van der Waals surface area contributed by atoms with E-state index >= 15 is 0 Å². The highest BCUT2D eigenvalue weighted by molar-refractivity contribution is 5.78. The van der Waals surface area contributed by atoms with Crippen molar-refractivity contribution in [2.75, 3.05) is 20.3 Å². The highest BCUT2D eigenvalue weighted by atomic mass is 16.5. The van der Waals surface area contributed by atoms with Crippen molar-refractivity contribution < 1.29 is 14.3 Å². The summed E-state index contributed by atoms with van der Waals surface area (Å²) < 4.78 is 14.0. The van der Waals surface area contributed by atoms with Gasteiger partial charge in [0.15, 0.2) is 0 Å². The Morgan fingerprint density at radius 2 is 1.63 bits per heavy atom. The minimum atomic E-state index is -0.0883. The van der Waals surface area contributed by atoms with Crippen molar-refractivity contribution in [2.24, 2.45) is 0 Å². The van der Waals surface area contributed by atoms with Crippen LogP contribution in [0.4, 0.5) is 0 Å². The number of benzene rings is 2. The fourth-order valence-corrected chi connectivity index (χ4v) is 3.38. The lowest BCUT2D eigenvalue weighted by Crippen LogP contribution is -2.28. The van der Waals surface area contributed by atoms with Crippen LogP contribution in [0.2, 0.25) is 0 Å². The summed E-state index contributed by atoms with van der Waals surface area (Å²) in [5, 5.41) is 2.92. The standard InChI is InChI=1S/C23H29N3O4/c1-3-13-25-20-6-4-5-7-21(20)26(23(25)28)14-12-22(27)24-17-18-8-10-19(11-9-18)30-16-15-29-2/h4-11H,3,12-17H2,1-2H3,(H,24,27). The van der Waals surface area contributed by atoms with Gasteiger partial charge in [0.25, 0.3) is 0 Å². The first-order valence-electron chi connectivity index (χ1n) is 10.3. The van der Waals surface area contributed by atoms with Gasteiger partial charge in [-0.25, -0.2) is 4.79 Å². The molecule has 0 aliphatic heterocycles. The molecule has 160 valence electrons. The monoisotopic (exact) mass is 411 g/mol. The summed E-state index contributed by atoms with van der Waals surface area (Å²) in [5.41, 5.74) is 2.71. The second kappa shape index (κ2) is 10.6. The molecule has 0 atom stereocenters. The van der Waals surface area contributed by atoms with Crippen LogP contribution in [0, 0.1) is 0 Å². The summed E-state index contributed by atoms with van der Waals surface area (Å²) in [6.07, 6.45) is 1.13. The van der Waals surface area contributed by atoms with Gasteiger partial charge in [-0.2, -0.15) is 0 Å². The molecule has 0 saturated carbocycles. The Morgan fingerprint density at radius 1 is 0.967 bits per heavy atom. The van der Waals surface area contributed by atoms with Crippen LogP contribution in [0.25, 0.3) is 11.0 Å². The Morgan fingerprint density at radius 3 is 2.27 bits per heavy atom. The maximum absolute atomic E-state index is 12.8. The smallest absolute Gasteiger partial charge is 0.329 e. The zero-order valence-corrected chi connectivity index (χ0v) is 17.6. The number of amides is 1. The SMILES string of the molecule is CCCn1c(=O)n(CCC(=O)NCc2ccc(OCCOC)cc2)c2ccccc21. The van der Waals surface area contributed by atoms with E-state index in [9.17, 15) is 9.59 Å². The van der Waals surface area contributed by atoms with Crippen LogP contribution in [-0.4, -0.2) is 35.4 Å². The van der Waals surface area contributed by atoms with Gasteiger partial charge in [0.05, 0.1) is 17.6 Å². The fraction of sp³-hybridized carbons (Fsp3) is 0.391. The number of carbonyl (C=O) groups is 1. The van der Waals surface area contributed by atoms with Crippen molar-refractivity contribution in [1.29, 1.82) is 0 Å². The number of imidazole rings is 1. The summed E-state index contributed by atoms with van der Waals surface area (Å²) in [5.74, 6) is 0.680. The number of aromatic nitrogens is 2. The molecule has 3 rings (SSSR count). The first-order chi connectivity index (χ1) is 14.6. The zero-order valence-electron chi connectivity index (χ0n) is 17.6. The van der Waals surface area contributed by atoms with Crippen LogP contribution in [0.3, 0.4) is 0 Å². The van der Waals surface area contributed by atoms with Crippen LogP contribution >= 0.6 is 0 Å². The van der Waals surface area contributed by atoms with Crippen LogP contribution < -0.4 is 15.7 Å². The van der Waals surface area contributed by atoms with Crippen molar-refractivity contribution in [3.8, 4) is 5.75 Å². The van der Waals surface area contributed by atoms with E-state index in [-0.39, 0.29) is 18.0 Å². The van der Waals surface area contributed by atoms with Gasteiger partial charge >= 0.3 is 5.69 Å². The van der Waals surface area contributed by atoms with Gasteiger partial charge in [-0.1, -0.05) is 31.2 Å². The molecular formula is C23H29N3O4. The molecule has 1 amide bonds. The van der Waals surface area contributed by atoms with E-state index in [0.29, 0.717) is 32.8 Å². The number of fused-ring (bicyclic) bond motifs is 1. The van der Waals surface area contributed by atoms with Crippen molar-refractivity contribution in [2.45, 2.75) is 39.4 Å². The number of hydrogen-bond acceptors (Lipinski definition) is 4. The van der Waals surface area contributed by atoms with Gasteiger partial charge < -0.3 is 14.8 Å². The van der Waals surface area contributed by atoms with Crippen molar-refractivity contribution in [3.63, 3.8) is 0 Å². The normalized spacial score (nSPS) is 11.0. The van der Waals surface area contributed by atoms with Crippen molar-refractivity contribution in [3.05, 3.63) is 64.6 Å². The molecule has 1 aromatic heterocycles. The van der Waals surface area contributed by atoms with E-state index in [1.165, 1.54) is 0 Å². The Hall–Kier alpha value is -3.06. The summed E-state index contributed by atoms with van der Waals surface area (Å²) in [6.45, 7) is 4.55. The van der Waals surface area contributed by atoms with Gasteiger partial charge in [-0.05, 0) is 36.2 Å². The number of hydrogen-bond donors (Lipinski definition) is 1. The average molecular weight is 412 g/mol. The minimum absolute atomic E-state index is 0.0603. The Labute approximate surface area is 176 Å². The summed E-state index contributed by atoms with van der Waals surface area (Å²) in [4.78, 5) is 25.1. The summed E-state index contributed by atoms with van der Waals surface area (Å²) in [6, 6.07) is 15.3. The molecule has 0 spiro atoms. The second-order valence-electron chi connectivity index (χ2n) is 7.09. The zero-order chi connectivity index (χ0) is 21.3. The Bertz CT molecular complexity index is 1020. The number of rotatable bonds is 11. The Kier molecular flexibility index (Phi) is 7.68. The molecule has 0 aliphatic rings. The van der Waals surface area contributed by atoms with Crippen LogP contribution in [0.1, 0.15) is 25.3 Å². The van der Waals surface area contributed by atoms with Gasteiger partial charge in [-0.3, -0.25) is 13.9 Å². The van der Waals surface area contributed by atoms with Crippen LogP contribution in [-0.2, 0) is 29.2 Å². The first kappa shape index (κ1) is 21.6. The lowest BCUT2D eigenvalue weighted by molar-refractivity contribution is -0.121. The third kappa shape index (κ3) is 5.30.